The molecule has 10 heteroatoms. The summed E-state index contributed by atoms with van der Waals surface area (Å²) in [7, 11) is 0. The Morgan fingerprint density at radius 2 is 2.00 bits per heavy atom. The van der Waals surface area contributed by atoms with Crippen LogP contribution in [-0.4, -0.2) is 66.5 Å². The summed E-state index contributed by atoms with van der Waals surface area (Å²) in [4.78, 5) is 37.9. The Morgan fingerprint density at radius 1 is 1.26 bits per heavy atom. The number of halogens is 1. The molecule has 2 aromatic rings. The summed E-state index contributed by atoms with van der Waals surface area (Å²) >= 11 is 0. The van der Waals surface area contributed by atoms with Crippen molar-refractivity contribution in [1.82, 2.24) is 34.7 Å². The fourth-order valence-electron chi connectivity index (χ4n) is 3.85. The van der Waals surface area contributed by atoms with E-state index in [9.17, 15) is 9.59 Å². The summed E-state index contributed by atoms with van der Waals surface area (Å²) in [6.07, 6.45) is 4.65. The lowest BCUT2D eigenvalue weighted by atomic mass is 9.86. The highest BCUT2D eigenvalue weighted by Gasteiger charge is 2.57. The zero-order chi connectivity index (χ0) is 18.3. The van der Waals surface area contributed by atoms with Crippen LogP contribution < -0.4 is 5.32 Å². The molecule has 2 aliphatic heterocycles. The van der Waals surface area contributed by atoms with Crippen molar-refractivity contribution >= 4 is 30.1 Å². The summed E-state index contributed by atoms with van der Waals surface area (Å²) in [6.45, 7) is 6.23. The Kier molecular flexibility index (Phi) is 5.34. The Hall–Kier alpha value is -2.26. The normalized spacial score (nSPS) is 19.4. The molecule has 0 atom stereocenters. The van der Waals surface area contributed by atoms with Crippen molar-refractivity contribution in [3.63, 3.8) is 0 Å². The summed E-state index contributed by atoms with van der Waals surface area (Å²) in [6, 6.07) is 1.52. The molecule has 2 aliphatic rings. The maximum absolute atomic E-state index is 13.3. The van der Waals surface area contributed by atoms with Gasteiger partial charge in [0.15, 0.2) is 5.82 Å². The van der Waals surface area contributed by atoms with Crippen molar-refractivity contribution in [3.05, 3.63) is 24.3 Å². The topological polar surface area (TPSA) is 95.7 Å². The van der Waals surface area contributed by atoms with Crippen LogP contribution in [0.2, 0.25) is 0 Å². The predicted molar refractivity (Wildman–Crippen MR) is 100 cm³/mol. The van der Waals surface area contributed by atoms with Crippen molar-refractivity contribution in [2.45, 2.75) is 38.8 Å². The van der Waals surface area contributed by atoms with Gasteiger partial charge in [-0.3, -0.25) is 9.69 Å². The third-order valence-corrected chi connectivity index (χ3v) is 5.06. The number of fused-ring (bicyclic) bond motifs is 1. The number of hydrogen-bond acceptors (Lipinski definition) is 6. The zero-order valence-corrected chi connectivity index (χ0v) is 16.3. The van der Waals surface area contributed by atoms with Crippen LogP contribution in [0.25, 0.3) is 5.78 Å². The van der Waals surface area contributed by atoms with Gasteiger partial charge in [-0.25, -0.2) is 14.3 Å². The summed E-state index contributed by atoms with van der Waals surface area (Å²) in [5, 5.41) is 7.61. The molecule has 4 rings (SSSR count). The average Bonchev–Trinajstić information content (AvgIpc) is 3.12. The third kappa shape index (κ3) is 3.25. The van der Waals surface area contributed by atoms with E-state index in [1.807, 2.05) is 0 Å². The van der Waals surface area contributed by atoms with Crippen molar-refractivity contribution < 1.29 is 9.59 Å². The molecular formula is C17H24ClN7O2. The molecule has 0 saturated carbocycles. The molecule has 2 saturated heterocycles. The number of nitrogens with zero attached hydrogens (tertiary/aromatic N) is 6. The van der Waals surface area contributed by atoms with E-state index in [2.05, 4.69) is 34.2 Å². The number of hydrogen-bond donors (Lipinski definition) is 1. The van der Waals surface area contributed by atoms with E-state index in [1.165, 1.54) is 4.90 Å². The lowest BCUT2D eigenvalue weighted by molar-refractivity contribution is -0.135. The highest BCUT2D eigenvalue weighted by atomic mass is 35.5. The van der Waals surface area contributed by atoms with Crippen LogP contribution >= 0.6 is 12.4 Å². The van der Waals surface area contributed by atoms with Gasteiger partial charge in [0.1, 0.15) is 5.54 Å². The maximum atomic E-state index is 13.3. The average molecular weight is 394 g/mol. The van der Waals surface area contributed by atoms with Gasteiger partial charge >= 0.3 is 6.03 Å². The Balaban J connectivity index is 0.00000210. The third-order valence-electron chi connectivity index (χ3n) is 5.06. The molecule has 0 radical (unpaired) electrons. The minimum atomic E-state index is -0.732. The van der Waals surface area contributed by atoms with Gasteiger partial charge in [-0.15, -0.1) is 17.5 Å². The van der Waals surface area contributed by atoms with Crippen molar-refractivity contribution in [2.24, 2.45) is 5.92 Å². The van der Waals surface area contributed by atoms with E-state index in [1.54, 1.807) is 27.9 Å². The fourth-order valence-corrected chi connectivity index (χ4v) is 3.85. The van der Waals surface area contributed by atoms with Gasteiger partial charge in [-0.2, -0.15) is 4.98 Å². The summed E-state index contributed by atoms with van der Waals surface area (Å²) in [5.74, 6) is 1.03. The number of carbonyl (C=O) groups is 2. The van der Waals surface area contributed by atoms with Crippen LogP contribution in [0.3, 0.4) is 0 Å². The number of urea groups is 1. The molecule has 9 nitrogen and oxygen atoms in total. The second-order valence-corrected chi connectivity index (χ2v) is 7.35. The molecule has 1 N–H and O–H groups in total. The Labute approximate surface area is 163 Å². The molecule has 1 spiro atoms. The second-order valence-electron chi connectivity index (χ2n) is 7.35. The van der Waals surface area contributed by atoms with Crippen molar-refractivity contribution in [1.29, 1.82) is 0 Å². The van der Waals surface area contributed by atoms with Crippen LogP contribution in [0.15, 0.2) is 18.5 Å². The number of aromatic nitrogens is 4. The van der Waals surface area contributed by atoms with Gasteiger partial charge in [0.05, 0.1) is 6.54 Å². The lowest BCUT2D eigenvalue weighted by Gasteiger charge is -2.39. The molecule has 27 heavy (non-hydrogen) atoms. The molecule has 0 bridgehead atoms. The monoisotopic (exact) mass is 393 g/mol. The van der Waals surface area contributed by atoms with E-state index in [-0.39, 0.29) is 36.8 Å². The molecule has 0 aromatic carbocycles. The van der Waals surface area contributed by atoms with Gasteiger partial charge in [-0.05, 0) is 37.9 Å². The van der Waals surface area contributed by atoms with Crippen LogP contribution in [0, 0.1) is 5.92 Å². The number of carbonyl (C=O) groups excluding carboxylic acids is 2. The number of nitrogens with one attached hydrogen (secondary N) is 1. The minimum absolute atomic E-state index is 0. The SMILES string of the molecule is CC(C)CN1C(=O)N(Cc2nc3ncccn3n2)C(=O)C12CCNCC2.Cl. The lowest BCUT2D eigenvalue weighted by Crippen LogP contribution is -2.56. The molecule has 146 valence electrons. The molecule has 3 amide bonds. The van der Waals surface area contributed by atoms with Crippen LogP contribution in [0.1, 0.15) is 32.5 Å². The van der Waals surface area contributed by atoms with Crippen molar-refractivity contribution in [3.8, 4) is 0 Å². The molecule has 2 fully saturated rings. The van der Waals surface area contributed by atoms with Gasteiger partial charge < -0.3 is 10.2 Å². The minimum Gasteiger partial charge on any atom is -0.317 e. The standard InChI is InChI=1S/C17H23N7O2.ClH/c1-12(2)10-23-16(26)22(14(25)17(23)4-7-18-8-5-17)11-13-20-15-19-6-3-9-24(15)21-13;/h3,6,9,12,18H,4-5,7-8,10-11H2,1-2H3;1H. The van der Waals surface area contributed by atoms with Gasteiger partial charge in [0.2, 0.25) is 0 Å². The maximum Gasteiger partial charge on any atom is 0.328 e. The zero-order valence-electron chi connectivity index (χ0n) is 15.5. The molecular weight excluding hydrogens is 370 g/mol. The summed E-state index contributed by atoms with van der Waals surface area (Å²) < 4.78 is 1.55. The highest BCUT2D eigenvalue weighted by Crippen LogP contribution is 2.36. The van der Waals surface area contributed by atoms with E-state index in [0.717, 1.165) is 13.1 Å². The van der Waals surface area contributed by atoms with Gasteiger partial charge in [0.25, 0.3) is 11.7 Å². The number of amides is 3. The molecule has 4 heterocycles. The van der Waals surface area contributed by atoms with Gasteiger partial charge in [-0.1, -0.05) is 13.8 Å². The van der Waals surface area contributed by atoms with Crippen LogP contribution in [-0.2, 0) is 11.3 Å². The second kappa shape index (κ2) is 7.40. The van der Waals surface area contributed by atoms with E-state index in [4.69, 9.17) is 0 Å². The van der Waals surface area contributed by atoms with E-state index >= 15 is 0 Å². The largest absolute Gasteiger partial charge is 0.328 e. The highest BCUT2D eigenvalue weighted by molar-refractivity contribution is 6.07. The predicted octanol–water partition coefficient (Wildman–Crippen LogP) is 1.09. The molecule has 2 aromatic heterocycles. The first-order valence-electron chi connectivity index (χ1n) is 9.02. The Morgan fingerprint density at radius 3 is 2.67 bits per heavy atom. The molecule has 0 aliphatic carbocycles. The number of piperidine rings is 1. The number of imide groups is 1. The Bertz CT molecular complexity index is 814. The van der Waals surface area contributed by atoms with Gasteiger partial charge in [0, 0.05) is 18.9 Å². The summed E-state index contributed by atoms with van der Waals surface area (Å²) in [5.41, 5.74) is -0.732. The quantitative estimate of drug-likeness (QED) is 0.781. The first-order valence-corrected chi connectivity index (χ1v) is 9.02. The van der Waals surface area contributed by atoms with Crippen LogP contribution in [0.4, 0.5) is 4.79 Å². The number of rotatable bonds is 4. The first-order chi connectivity index (χ1) is 12.5. The van der Waals surface area contributed by atoms with E-state index < -0.39 is 5.54 Å². The molecule has 0 unspecified atom stereocenters. The van der Waals surface area contributed by atoms with Crippen LogP contribution in [0.5, 0.6) is 0 Å². The smallest absolute Gasteiger partial charge is 0.317 e. The van der Waals surface area contributed by atoms with E-state index in [0.29, 0.717) is 31.0 Å². The van der Waals surface area contributed by atoms with Crippen molar-refractivity contribution in [2.75, 3.05) is 19.6 Å². The first kappa shape index (κ1) is 19.5. The fraction of sp³-hybridized carbons (Fsp3) is 0.588.